The molecule has 0 aromatic heterocycles. The van der Waals surface area contributed by atoms with Crippen LogP contribution in [-0.2, 0) is 17.9 Å². The molecule has 0 spiro atoms. The average Bonchev–Trinajstić information content (AvgIpc) is 3.17. The summed E-state index contributed by atoms with van der Waals surface area (Å²) in [6.07, 6.45) is 2.04. The van der Waals surface area contributed by atoms with E-state index in [0.29, 0.717) is 17.3 Å². The largest absolute Gasteiger partial charge is 0.481 e. The van der Waals surface area contributed by atoms with Gasteiger partial charge >= 0.3 is 0 Å². The number of aryl methyl sites for hydroxylation is 1. The molecule has 1 saturated heterocycles. The molecule has 1 amide bonds. The van der Waals surface area contributed by atoms with E-state index < -0.39 is 6.10 Å². The van der Waals surface area contributed by atoms with E-state index in [4.69, 9.17) is 16.3 Å². The molecular formula is C22H27ClN2O2. The Morgan fingerprint density at radius 3 is 2.48 bits per heavy atom. The van der Waals surface area contributed by atoms with Crippen molar-refractivity contribution in [3.05, 3.63) is 64.2 Å². The van der Waals surface area contributed by atoms with Gasteiger partial charge in [-0.05, 0) is 74.7 Å². The first-order valence-corrected chi connectivity index (χ1v) is 9.90. The molecule has 4 nitrogen and oxygen atoms in total. The van der Waals surface area contributed by atoms with Crippen molar-refractivity contribution in [2.75, 3.05) is 13.1 Å². The van der Waals surface area contributed by atoms with Crippen molar-refractivity contribution in [2.24, 2.45) is 0 Å². The Morgan fingerprint density at radius 2 is 1.81 bits per heavy atom. The second-order valence-electron chi connectivity index (χ2n) is 7.19. The quantitative estimate of drug-likeness (QED) is 0.770. The first-order valence-electron chi connectivity index (χ1n) is 9.52. The predicted octanol–water partition coefficient (Wildman–Crippen LogP) is 4.33. The van der Waals surface area contributed by atoms with Crippen LogP contribution in [0.15, 0.2) is 42.5 Å². The lowest BCUT2D eigenvalue weighted by Gasteiger charge is -2.16. The maximum atomic E-state index is 12.3. The minimum absolute atomic E-state index is 0.135. The van der Waals surface area contributed by atoms with Crippen LogP contribution < -0.4 is 10.1 Å². The van der Waals surface area contributed by atoms with Crippen molar-refractivity contribution >= 4 is 17.5 Å². The Balaban J connectivity index is 1.46. The number of benzene rings is 2. The van der Waals surface area contributed by atoms with Crippen LogP contribution in [-0.4, -0.2) is 30.0 Å². The van der Waals surface area contributed by atoms with E-state index in [0.717, 1.165) is 17.7 Å². The molecule has 0 unspecified atom stereocenters. The predicted molar refractivity (Wildman–Crippen MR) is 109 cm³/mol. The van der Waals surface area contributed by atoms with Crippen LogP contribution in [0.5, 0.6) is 5.75 Å². The molecule has 1 aliphatic rings. The number of nitrogens with zero attached hydrogens (tertiary/aromatic N) is 1. The summed E-state index contributed by atoms with van der Waals surface area (Å²) in [4.78, 5) is 14.8. The molecule has 27 heavy (non-hydrogen) atoms. The highest BCUT2D eigenvalue weighted by Crippen LogP contribution is 2.22. The smallest absolute Gasteiger partial charge is 0.261 e. The molecule has 1 heterocycles. The van der Waals surface area contributed by atoms with Crippen molar-refractivity contribution in [3.8, 4) is 5.75 Å². The van der Waals surface area contributed by atoms with Gasteiger partial charge in [0.2, 0.25) is 0 Å². The molecule has 2 aromatic carbocycles. The van der Waals surface area contributed by atoms with Gasteiger partial charge in [-0.3, -0.25) is 9.69 Å². The summed E-state index contributed by atoms with van der Waals surface area (Å²) >= 11 is 6.02. The second kappa shape index (κ2) is 9.25. The van der Waals surface area contributed by atoms with E-state index in [2.05, 4.69) is 34.5 Å². The highest BCUT2D eigenvalue weighted by atomic mass is 35.5. The van der Waals surface area contributed by atoms with Gasteiger partial charge in [0, 0.05) is 18.1 Å². The van der Waals surface area contributed by atoms with Crippen LogP contribution in [0.25, 0.3) is 0 Å². The van der Waals surface area contributed by atoms with Crippen molar-refractivity contribution < 1.29 is 9.53 Å². The number of likely N-dealkylation sites (tertiary alicyclic amines) is 1. The summed E-state index contributed by atoms with van der Waals surface area (Å²) < 4.78 is 5.72. The lowest BCUT2D eigenvalue weighted by molar-refractivity contribution is -0.127. The van der Waals surface area contributed by atoms with Crippen molar-refractivity contribution in [3.63, 3.8) is 0 Å². The summed E-state index contributed by atoms with van der Waals surface area (Å²) in [6.45, 7) is 7.56. The van der Waals surface area contributed by atoms with Gasteiger partial charge < -0.3 is 10.1 Å². The number of hydrogen-bond donors (Lipinski definition) is 1. The van der Waals surface area contributed by atoms with Crippen molar-refractivity contribution in [1.82, 2.24) is 10.2 Å². The molecule has 5 heteroatoms. The minimum atomic E-state index is -0.569. The normalized spacial score (nSPS) is 15.5. The molecule has 144 valence electrons. The van der Waals surface area contributed by atoms with Gasteiger partial charge in [0.05, 0.1) is 0 Å². The van der Waals surface area contributed by atoms with Crippen LogP contribution in [0.1, 0.15) is 36.5 Å². The molecule has 1 aliphatic heterocycles. The van der Waals surface area contributed by atoms with E-state index in [1.807, 2.05) is 13.0 Å². The molecule has 1 N–H and O–H groups in total. The summed E-state index contributed by atoms with van der Waals surface area (Å²) in [5, 5.41) is 3.62. The fourth-order valence-electron chi connectivity index (χ4n) is 3.24. The third-order valence-corrected chi connectivity index (χ3v) is 5.33. The van der Waals surface area contributed by atoms with Gasteiger partial charge in [-0.2, -0.15) is 0 Å². The highest BCUT2D eigenvalue weighted by molar-refractivity contribution is 6.31. The molecule has 0 saturated carbocycles. The van der Waals surface area contributed by atoms with E-state index in [9.17, 15) is 4.79 Å². The topological polar surface area (TPSA) is 41.6 Å². The van der Waals surface area contributed by atoms with E-state index in [1.54, 1.807) is 19.1 Å². The highest BCUT2D eigenvalue weighted by Gasteiger charge is 2.15. The van der Waals surface area contributed by atoms with Crippen molar-refractivity contribution in [1.29, 1.82) is 0 Å². The SMILES string of the molecule is Cc1cc(O[C@@H](C)C(=O)NCc2ccc(CN3CCCC3)cc2)ccc1Cl. The summed E-state index contributed by atoms with van der Waals surface area (Å²) in [7, 11) is 0. The summed E-state index contributed by atoms with van der Waals surface area (Å²) in [5.74, 6) is 0.509. The summed E-state index contributed by atoms with van der Waals surface area (Å²) in [5.41, 5.74) is 3.33. The van der Waals surface area contributed by atoms with E-state index >= 15 is 0 Å². The molecule has 3 rings (SSSR count). The van der Waals surface area contributed by atoms with Crippen LogP contribution in [0.3, 0.4) is 0 Å². The third kappa shape index (κ3) is 5.72. The van der Waals surface area contributed by atoms with Gasteiger partial charge in [0.25, 0.3) is 5.91 Å². The molecule has 1 fully saturated rings. The van der Waals surface area contributed by atoms with Crippen molar-refractivity contribution in [2.45, 2.75) is 45.9 Å². The number of carbonyl (C=O) groups is 1. The van der Waals surface area contributed by atoms with Crippen LogP contribution in [0.4, 0.5) is 0 Å². The van der Waals surface area contributed by atoms with Crippen LogP contribution >= 0.6 is 11.6 Å². The van der Waals surface area contributed by atoms with Gasteiger partial charge in [0.15, 0.2) is 6.10 Å². The molecule has 0 radical (unpaired) electrons. The lowest BCUT2D eigenvalue weighted by atomic mass is 10.1. The summed E-state index contributed by atoms with van der Waals surface area (Å²) in [6, 6.07) is 13.9. The van der Waals surface area contributed by atoms with Gasteiger partial charge in [-0.1, -0.05) is 35.9 Å². The molecule has 0 aliphatic carbocycles. The van der Waals surface area contributed by atoms with Crippen LogP contribution in [0.2, 0.25) is 5.02 Å². The minimum Gasteiger partial charge on any atom is -0.481 e. The molecule has 1 atom stereocenters. The zero-order valence-electron chi connectivity index (χ0n) is 16.0. The molecular weight excluding hydrogens is 360 g/mol. The number of hydrogen-bond acceptors (Lipinski definition) is 3. The number of amides is 1. The van der Waals surface area contributed by atoms with Gasteiger partial charge in [-0.15, -0.1) is 0 Å². The Bertz CT molecular complexity index is 770. The second-order valence-corrected chi connectivity index (χ2v) is 7.60. The Labute approximate surface area is 166 Å². The maximum Gasteiger partial charge on any atom is 0.261 e. The zero-order valence-corrected chi connectivity index (χ0v) is 16.8. The Morgan fingerprint density at radius 1 is 1.15 bits per heavy atom. The molecule has 0 bridgehead atoms. The van der Waals surface area contributed by atoms with Crippen LogP contribution in [0, 0.1) is 6.92 Å². The number of rotatable bonds is 7. The fourth-order valence-corrected chi connectivity index (χ4v) is 3.36. The van der Waals surface area contributed by atoms with E-state index in [-0.39, 0.29) is 5.91 Å². The standard InChI is InChI=1S/C22H27ClN2O2/c1-16-13-20(9-10-21(16)23)27-17(2)22(26)24-14-18-5-7-19(8-6-18)15-25-11-3-4-12-25/h5-10,13,17H,3-4,11-12,14-15H2,1-2H3,(H,24,26)/t17-/m0/s1. The number of nitrogens with one attached hydrogen (secondary N) is 1. The third-order valence-electron chi connectivity index (χ3n) is 4.91. The zero-order chi connectivity index (χ0) is 19.2. The first kappa shape index (κ1) is 19.7. The lowest BCUT2D eigenvalue weighted by Crippen LogP contribution is -2.35. The molecule has 2 aromatic rings. The maximum absolute atomic E-state index is 12.3. The Hall–Kier alpha value is -2.04. The Kier molecular flexibility index (Phi) is 6.75. The van der Waals surface area contributed by atoms with Gasteiger partial charge in [-0.25, -0.2) is 0 Å². The fraction of sp³-hybridized carbons (Fsp3) is 0.409. The van der Waals surface area contributed by atoms with E-state index in [1.165, 1.54) is 31.5 Å². The average molecular weight is 387 g/mol. The number of halogens is 1. The first-order chi connectivity index (χ1) is 13.0. The number of carbonyl (C=O) groups excluding carboxylic acids is 1. The number of ether oxygens (including phenoxy) is 1. The van der Waals surface area contributed by atoms with Gasteiger partial charge in [0.1, 0.15) is 5.75 Å². The monoisotopic (exact) mass is 386 g/mol.